The Morgan fingerprint density at radius 2 is 0.866 bits per heavy atom. The van der Waals surface area contributed by atoms with Crippen LogP contribution in [0.4, 0.5) is 0 Å². The number of ether oxygens (including phenoxy) is 5. The van der Waals surface area contributed by atoms with E-state index in [9.17, 15) is 14.7 Å². The van der Waals surface area contributed by atoms with Crippen molar-refractivity contribution < 1.29 is 38.4 Å². The molecule has 1 aromatic heterocycles. The number of carbonyl (C=O) groups is 2. The Morgan fingerprint density at radius 1 is 0.493 bits per heavy atom. The van der Waals surface area contributed by atoms with E-state index < -0.39 is 6.29 Å². The van der Waals surface area contributed by atoms with Crippen molar-refractivity contribution >= 4 is 23.3 Å². The monoisotopic (exact) mass is 967 g/mol. The number of hydrogen-bond acceptors (Lipinski definition) is 11. The third-order valence-electron chi connectivity index (χ3n) is 12.7. The summed E-state index contributed by atoms with van der Waals surface area (Å²) in [6.45, 7) is 13.0. The first kappa shape index (κ1) is 63.4. The van der Waals surface area contributed by atoms with Crippen LogP contribution in [0, 0.1) is 0 Å². The molecule has 0 spiro atoms. The summed E-state index contributed by atoms with van der Waals surface area (Å²) in [6, 6.07) is 0. The standard InChI is InChI=1S/C56H106N2O8S/c1-4-7-10-13-16-23-32-46-62-53(59)38-39-54(60)63-47-33-26-19-21-29-43-58(45-31-28-37-52-57-42-51-67-52)44-30-22-20-27-34-48-64-55(61)40-41-56(65-49-35-24-17-14-11-8-5-2)66-50-36-25-18-15-12-9-6-3/h42,51,53,56,59H,4-41,43-50H2,1-3H3. The van der Waals surface area contributed by atoms with Gasteiger partial charge in [-0.1, -0.05) is 175 Å². The smallest absolute Gasteiger partial charge is 0.305 e. The molecule has 0 aliphatic rings. The summed E-state index contributed by atoms with van der Waals surface area (Å²) in [5.41, 5.74) is 0. The second kappa shape index (κ2) is 50.7. The summed E-state index contributed by atoms with van der Waals surface area (Å²) in [7, 11) is 0. The molecule has 0 aromatic carbocycles. The van der Waals surface area contributed by atoms with Gasteiger partial charge in [0.15, 0.2) is 12.6 Å². The minimum atomic E-state index is -0.890. The second-order valence-corrected chi connectivity index (χ2v) is 20.1. The van der Waals surface area contributed by atoms with Crippen LogP contribution in [0.1, 0.15) is 263 Å². The van der Waals surface area contributed by atoms with Crippen LogP contribution >= 0.6 is 11.3 Å². The van der Waals surface area contributed by atoms with Gasteiger partial charge in [-0.2, -0.15) is 0 Å². The van der Waals surface area contributed by atoms with Gasteiger partial charge in [0.1, 0.15) is 0 Å². The van der Waals surface area contributed by atoms with E-state index in [1.54, 1.807) is 11.3 Å². The lowest BCUT2D eigenvalue weighted by Crippen LogP contribution is -2.27. The summed E-state index contributed by atoms with van der Waals surface area (Å²) in [5.74, 6) is -0.387. The van der Waals surface area contributed by atoms with Gasteiger partial charge in [0.05, 0.1) is 31.1 Å². The van der Waals surface area contributed by atoms with Gasteiger partial charge >= 0.3 is 11.9 Å². The molecule has 0 saturated heterocycles. The predicted octanol–water partition coefficient (Wildman–Crippen LogP) is 15.3. The van der Waals surface area contributed by atoms with Crippen LogP contribution < -0.4 is 0 Å². The summed E-state index contributed by atoms with van der Waals surface area (Å²) in [6.07, 6.45) is 42.5. The Labute approximate surface area is 416 Å². The van der Waals surface area contributed by atoms with Crippen molar-refractivity contribution in [1.82, 2.24) is 9.88 Å². The van der Waals surface area contributed by atoms with Gasteiger partial charge in [0.2, 0.25) is 0 Å². The SMILES string of the molecule is CCCCCCCCCOC(O)CCC(=O)OCCCCCCCN(CCCCCCCOC(=O)CCC(OCCCCCCCCC)OCCCCCCCCC)CCCCc1nccs1. The Balaban J connectivity index is 2.23. The molecule has 1 atom stereocenters. The van der Waals surface area contributed by atoms with E-state index in [4.69, 9.17) is 23.7 Å². The number of aliphatic hydroxyl groups is 1. The Kier molecular flexibility index (Phi) is 48.0. The number of aliphatic hydroxyl groups excluding tert-OH is 1. The van der Waals surface area contributed by atoms with Crippen LogP contribution in [0.3, 0.4) is 0 Å². The molecular weight excluding hydrogens is 861 g/mol. The zero-order valence-corrected chi connectivity index (χ0v) is 44.8. The van der Waals surface area contributed by atoms with Crippen molar-refractivity contribution in [3.8, 4) is 0 Å². The van der Waals surface area contributed by atoms with Gasteiger partial charge in [-0.15, -0.1) is 11.3 Å². The molecular formula is C56H106N2O8S. The van der Waals surface area contributed by atoms with Gasteiger partial charge < -0.3 is 33.7 Å². The third-order valence-corrected chi connectivity index (χ3v) is 13.5. The summed E-state index contributed by atoms with van der Waals surface area (Å²) < 4.78 is 28.8. The summed E-state index contributed by atoms with van der Waals surface area (Å²) >= 11 is 1.75. The number of esters is 2. The Morgan fingerprint density at radius 3 is 1.30 bits per heavy atom. The minimum Gasteiger partial charge on any atom is -0.466 e. The van der Waals surface area contributed by atoms with E-state index in [0.29, 0.717) is 52.3 Å². The molecule has 11 heteroatoms. The third kappa shape index (κ3) is 45.3. The topological polar surface area (TPSA) is 117 Å². The molecule has 0 fully saturated rings. The van der Waals surface area contributed by atoms with E-state index >= 15 is 0 Å². The van der Waals surface area contributed by atoms with Crippen molar-refractivity contribution in [3.63, 3.8) is 0 Å². The quantitative estimate of drug-likeness (QED) is 0.0384. The molecule has 10 nitrogen and oxygen atoms in total. The highest BCUT2D eigenvalue weighted by Gasteiger charge is 2.14. The van der Waals surface area contributed by atoms with Crippen molar-refractivity contribution in [2.75, 3.05) is 52.7 Å². The lowest BCUT2D eigenvalue weighted by molar-refractivity contribution is -0.159. The lowest BCUT2D eigenvalue weighted by atomic mass is 10.1. The highest BCUT2D eigenvalue weighted by molar-refractivity contribution is 7.09. The molecule has 394 valence electrons. The predicted molar refractivity (Wildman–Crippen MR) is 280 cm³/mol. The number of aromatic nitrogens is 1. The van der Waals surface area contributed by atoms with E-state index in [-0.39, 0.29) is 24.6 Å². The van der Waals surface area contributed by atoms with Crippen LogP contribution in [0.2, 0.25) is 0 Å². The molecule has 0 aliphatic carbocycles. The molecule has 1 unspecified atom stereocenters. The molecule has 67 heavy (non-hydrogen) atoms. The molecule has 1 N–H and O–H groups in total. The zero-order valence-electron chi connectivity index (χ0n) is 43.9. The minimum absolute atomic E-state index is 0.138. The van der Waals surface area contributed by atoms with Gasteiger partial charge in [0, 0.05) is 44.2 Å². The molecule has 0 saturated carbocycles. The van der Waals surface area contributed by atoms with Crippen LogP contribution in [0.25, 0.3) is 0 Å². The van der Waals surface area contributed by atoms with Crippen LogP contribution in [0.15, 0.2) is 11.6 Å². The first-order valence-corrected chi connectivity index (χ1v) is 29.3. The van der Waals surface area contributed by atoms with E-state index in [1.807, 2.05) is 6.20 Å². The van der Waals surface area contributed by atoms with Crippen molar-refractivity contribution in [2.45, 2.75) is 277 Å². The number of thiazole rings is 1. The number of nitrogens with zero attached hydrogens (tertiary/aromatic N) is 2. The summed E-state index contributed by atoms with van der Waals surface area (Å²) in [4.78, 5) is 32.0. The largest absolute Gasteiger partial charge is 0.466 e. The highest BCUT2D eigenvalue weighted by Crippen LogP contribution is 2.15. The molecule has 1 heterocycles. The average Bonchev–Trinajstić information content (AvgIpc) is 3.86. The number of unbranched alkanes of at least 4 members (excludes halogenated alkanes) is 27. The highest BCUT2D eigenvalue weighted by atomic mass is 32.1. The van der Waals surface area contributed by atoms with Gasteiger partial charge in [-0.3, -0.25) is 9.59 Å². The molecule has 1 rings (SSSR count). The normalized spacial score (nSPS) is 12.1. The fourth-order valence-electron chi connectivity index (χ4n) is 8.38. The fourth-order valence-corrected chi connectivity index (χ4v) is 9.04. The average molecular weight is 968 g/mol. The van der Waals surface area contributed by atoms with Crippen molar-refractivity contribution in [1.29, 1.82) is 0 Å². The Hall–Kier alpha value is -1.63. The van der Waals surface area contributed by atoms with Crippen molar-refractivity contribution in [2.24, 2.45) is 0 Å². The van der Waals surface area contributed by atoms with Gasteiger partial charge in [-0.25, -0.2) is 4.98 Å². The maximum Gasteiger partial charge on any atom is 0.305 e. The maximum absolute atomic E-state index is 12.7. The van der Waals surface area contributed by atoms with Gasteiger partial charge in [0.25, 0.3) is 0 Å². The van der Waals surface area contributed by atoms with Crippen LogP contribution in [-0.2, 0) is 39.7 Å². The lowest BCUT2D eigenvalue weighted by Gasteiger charge is -2.22. The zero-order chi connectivity index (χ0) is 48.4. The van der Waals surface area contributed by atoms with Crippen LogP contribution in [0.5, 0.6) is 0 Å². The molecule has 1 aromatic rings. The Bertz CT molecular complexity index is 1140. The second-order valence-electron chi connectivity index (χ2n) is 19.1. The van der Waals surface area contributed by atoms with E-state index in [2.05, 4.69) is 36.0 Å². The first-order chi connectivity index (χ1) is 33.0. The molecule has 0 bridgehead atoms. The number of hydrogen-bond donors (Lipinski definition) is 1. The van der Waals surface area contributed by atoms with E-state index in [0.717, 1.165) is 90.3 Å². The molecule has 0 radical (unpaired) electrons. The first-order valence-electron chi connectivity index (χ1n) is 28.4. The van der Waals surface area contributed by atoms with E-state index in [1.165, 1.54) is 153 Å². The number of aryl methyl sites for hydroxylation is 1. The number of rotatable bonds is 54. The van der Waals surface area contributed by atoms with Gasteiger partial charge in [-0.05, 0) is 83.8 Å². The number of carbonyl (C=O) groups excluding carboxylic acids is 2. The maximum atomic E-state index is 12.7. The molecule has 0 aliphatic heterocycles. The van der Waals surface area contributed by atoms with Crippen molar-refractivity contribution in [3.05, 3.63) is 16.6 Å². The molecule has 0 amide bonds. The fraction of sp³-hybridized carbons (Fsp3) is 0.911. The van der Waals surface area contributed by atoms with Crippen LogP contribution in [-0.4, -0.2) is 92.2 Å². The summed E-state index contributed by atoms with van der Waals surface area (Å²) in [5, 5.41) is 13.4.